The molecular formula is C18H19N3O4. The van der Waals surface area contributed by atoms with Crippen LogP contribution >= 0.6 is 0 Å². The Labute approximate surface area is 145 Å². The van der Waals surface area contributed by atoms with Crippen LogP contribution in [0.25, 0.3) is 6.08 Å². The molecule has 25 heavy (non-hydrogen) atoms. The van der Waals surface area contributed by atoms with E-state index >= 15 is 0 Å². The Morgan fingerprint density at radius 3 is 2.76 bits per heavy atom. The zero-order valence-corrected chi connectivity index (χ0v) is 14.5. The van der Waals surface area contributed by atoms with Gasteiger partial charge in [0.05, 0.1) is 18.8 Å². The van der Waals surface area contributed by atoms with Gasteiger partial charge in [-0.15, -0.1) is 5.06 Å². The number of benzene rings is 1. The molecular weight excluding hydrogens is 322 g/mol. The molecule has 1 aromatic rings. The number of carbonyl (C=O) groups excluding carboxylic acids is 1. The molecule has 1 aromatic carbocycles. The zero-order valence-electron chi connectivity index (χ0n) is 14.5. The van der Waals surface area contributed by atoms with Gasteiger partial charge in [-0.1, -0.05) is 6.07 Å². The van der Waals surface area contributed by atoms with Gasteiger partial charge >= 0.3 is 0 Å². The summed E-state index contributed by atoms with van der Waals surface area (Å²) < 4.78 is 11.0. The van der Waals surface area contributed by atoms with E-state index < -0.39 is 5.91 Å². The van der Waals surface area contributed by atoms with Crippen molar-refractivity contribution >= 4 is 23.7 Å². The zero-order chi connectivity index (χ0) is 18.1. The third-order valence-electron chi connectivity index (χ3n) is 3.54. The van der Waals surface area contributed by atoms with Crippen LogP contribution in [0.3, 0.4) is 0 Å². The van der Waals surface area contributed by atoms with Crippen LogP contribution in [0.4, 0.5) is 0 Å². The first-order valence-corrected chi connectivity index (χ1v) is 7.83. The number of carbonyl (C=O) groups is 1. The van der Waals surface area contributed by atoms with Gasteiger partial charge < -0.3 is 14.3 Å². The van der Waals surface area contributed by atoms with Gasteiger partial charge in [-0.2, -0.15) is 4.99 Å². The fourth-order valence-corrected chi connectivity index (χ4v) is 2.49. The number of aliphatic imine (C=N–C) groups is 1. The molecule has 0 aromatic heterocycles. The standard InChI is InChI=1S/C18H19N3O4/c1-10(2)24-14-6-5-12(9-15(14)23-4)8-13-17(19)21-16(20-18(13)22)7-11(3)25-21/h5-10,19H,1-4H3. The van der Waals surface area contributed by atoms with Crippen molar-refractivity contribution in [1.29, 1.82) is 5.41 Å². The maximum absolute atomic E-state index is 12.3. The molecule has 0 radical (unpaired) electrons. The van der Waals surface area contributed by atoms with E-state index in [0.717, 1.165) is 0 Å². The van der Waals surface area contributed by atoms with E-state index in [2.05, 4.69) is 4.99 Å². The highest BCUT2D eigenvalue weighted by atomic mass is 16.7. The van der Waals surface area contributed by atoms with Crippen molar-refractivity contribution in [3.05, 3.63) is 41.2 Å². The van der Waals surface area contributed by atoms with E-state index in [4.69, 9.17) is 19.7 Å². The lowest BCUT2D eigenvalue weighted by molar-refractivity contribution is -0.114. The molecule has 3 rings (SSSR count). The number of amides is 1. The predicted molar refractivity (Wildman–Crippen MR) is 93.6 cm³/mol. The predicted octanol–water partition coefficient (Wildman–Crippen LogP) is 2.93. The van der Waals surface area contributed by atoms with Gasteiger partial charge in [-0.25, -0.2) is 0 Å². The van der Waals surface area contributed by atoms with E-state index in [1.165, 1.54) is 5.06 Å². The Morgan fingerprint density at radius 2 is 2.08 bits per heavy atom. The highest BCUT2D eigenvalue weighted by Gasteiger charge is 2.34. The Morgan fingerprint density at radius 1 is 1.32 bits per heavy atom. The number of nitrogens with one attached hydrogen (secondary N) is 1. The van der Waals surface area contributed by atoms with Crippen LogP contribution in [0.5, 0.6) is 11.5 Å². The third kappa shape index (κ3) is 3.26. The third-order valence-corrected chi connectivity index (χ3v) is 3.54. The Bertz CT molecular complexity index is 837. The van der Waals surface area contributed by atoms with E-state index in [9.17, 15) is 4.79 Å². The van der Waals surface area contributed by atoms with E-state index in [0.29, 0.717) is 28.7 Å². The van der Waals surface area contributed by atoms with Crippen molar-refractivity contribution < 1.29 is 19.1 Å². The Hall–Kier alpha value is -3.09. The summed E-state index contributed by atoms with van der Waals surface area (Å²) in [5.41, 5.74) is 0.843. The van der Waals surface area contributed by atoms with Crippen molar-refractivity contribution in [3.63, 3.8) is 0 Å². The van der Waals surface area contributed by atoms with Crippen molar-refractivity contribution in [3.8, 4) is 11.5 Å². The smallest absolute Gasteiger partial charge is 0.282 e. The number of hydroxylamine groups is 2. The van der Waals surface area contributed by atoms with Gasteiger partial charge in [0.15, 0.2) is 23.2 Å². The largest absolute Gasteiger partial charge is 0.493 e. The number of nitrogens with zero attached hydrogens (tertiary/aromatic N) is 2. The number of methoxy groups -OCH3 is 1. The Kier molecular flexibility index (Phi) is 4.31. The van der Waals surface area contributed by atoms with Crippen molar-refractivity contribution in [2.24, 2.45) is 4.99 Å². The SMILES string of the molecule is COc1cc(C=C2C(=N)N3OC(C)=CC3=NC2=O)ccc1OC(C)C. The number of amidine groups is 2. The summed E-state index contributed by atoms with van der Waals surface area (Å²) >= 11 is 0. The topological polar surface area (TPSA) is 84.2 Å². The van der Waals surface area contributed by atoms with Crippen molar-refractivity contribution in [2.75, 3.05) is 7.11 Å². The minimum Gasteiger partial charge on any atom is -0.493 e. The molecule has 0 saturated carbocycles. The molecule has 7 nitrogen and oxygen atoms in total. The monoisotopic (exact) mass is 341 g/mol. The van der Waals surface area contributed by atoms with Crippen LogP contribution in [-0.2, 0) is 9.63 Å². The fourth-order valence-electron chi connectivity index (χ4n) is 2.49. The Balaban J connectivity index is 1.93. The van der Waals surface area contributed by atoms with Crippen LogP contribution < -0.4 is 9.47 Å². The summed E-state index contributed by atoms with van der Waals surface area (Å²) in [4.78, 5) is 21.6. The highest BCUT2D eigenvalue weighted by molar-refractivity contribution is 6.32. The lowest BCUT2D eigenvalue weighted by atomic mass is 10.1. The maximum Gasteiger partial charge on any atom is 0.282 e. The number of fused-ring (bicyclic) bond motifs is 1. The van der Waals surface area contributed by atoms with E-state index in [-0.39, 0.29) is 17.5 Å². The van der Waals surface area contributed by atoms with E-state index in [1.807, 2.05) is 13.8 Å². The van der Waals surface area contributed by atoms with Crippen LogP contribution in [0.1, 0.15) is 26.3 Å². The van der Waals surface area contributed by atoms with Crippen LogP contribution in [0, 0.1) is 5.41 Å². The van der Waals surface area contributed by atoms with Crippen LogP contribution in [-0.4, -0.2) is 35.9 Å². The van der Waals surface area contributed by atoms with Gasteiger partial charge in [0.1, 0.15) is 5.76 Å². The molecule has 0 fully saturated rings. The second kappa shape index (κ2) is 6.43. The van der Waals surface area contributed by atoms with Crippen molar-refractivity contribution in [1.82, 2.24) is 5.06 Å². The first-order valence-electron chi connectivity index (χ1n) is 7.83. The van der Waals surface area contributed by atoms with E-state index in [1.54, 1.807) is 44.4 Å². The minimum absolute atomic E-state index is 0.0158. The van der Waals surface area contributed by atoms with Gasteiger partial charge in [0.2, 0.25) is 0 Å². The summed E-state index contributed by atoms with van der Waals surface area (Å²) in [5.74, 6) is 1.54. The number of hydrogen-bond donors (Lipinski definition) is 1. The minimum atomic E-state index is -0.479. The molecule has 1 amide bonds. The molecule has 0 atom stereocenters. The molecule has 0 spiro atoms. The van der Waals surface area contributed by atoms with Gasteiger partial charge in [0, 0.05) is 6.08 Å². The summed E-state index contributed by atoms with van der Waals surface area (Å²) in [6, 6.07) is 5.31. The second-order valence-electron chi connectivity index (χ2n) is 5.90. The summed E-state index contributed by atoms with van der Waals surface area (Å²) in [5, 5.41) is 9.45. The maximum atomic E-state index is 12.3. The molecule has 7 heteroatoms. The lowest BCUT2D eigenvalue weighted by Crippen LogP contribution is -2.38. The molecule has 2 aliphatic heterocycles. The number of allylic oxidation sites excluding steroid dienone is 1. The fraction of sp³-hybridized carbons (Fsp3) is 0.278. The van der Waals surface area contributed by atoms with Gasteiger partial charge in [-0.05, 0) is 44.5 Å². The first-order chi connectivity index (χ1) is 11.9. The normalized spacial score (nSPS) is 18.1. The van der Waals surface area contributed by atoms with Crippen LogP contribution in [0.2, 0.25) is 0 Å². The molecule has 0 bridgehead atoms. The molecule has 0 aliphatic carbocycles. The molecule has 0 unspecified atom stereocenters. The molecule has 130 valence electrons. The summed E-state index contributed by atoms with van der Waals surface area (Å²) in [6.45, 7) is 5.60. The molecule has 1 N–H and O–H groups in total. The van der Waals surface area contributed by atoms with Crippen LogP contribution in [0.15, 0.2) is 40.6 Å². The number of hydrogen-bond acceptors (Lipinski definition) is 5. The molecule has 2 aliphatic rings. The van der Waals surface area contributed by atoms with Gasteiger partial charge in [-0.3, -0.25) is 10.2 Å². The highest BCUT2D eigenvalue weighted by Crippen LogP contribution is 2.31. The second-order valence-corrected chi connectivity index (χ2v) is 5.90. The summed E-state index contributed by atoms with van der Waals surface area (Å²) in [7, 11) is 1.55. The first kappa shape index (κ1) is 16.8. The number of rotatable bonds is 4. The summed E-state index contributed by atoms with van der Waals surface area (Å²) in [6.07, 6.45) is 3.22. The quantitative estimate of drug-likeness (QED) is 0.851. The molecule has 0 saturated heterocycles. The lowest BCUT2D eigenvalue weighted by Gasteiger charge is -2.23. The molecule has 2 heterocycles. The number of ether oxygens (including phenoxy) is 2. The van der Waals surface area contributed by atoms with Crippen molar-refractivity contribution in [2.45, 2.75) is 26.9 Å². The average molecular weight is 341 g/mol. The van der Waals surface area contributed by atoms with Gasteiger partial charge in [0.25, 0.3) is 5.91 Å². The average Bonchev–Trinajstić information content (AvgIpc) is 2.92.